The average molecular weight is 214 g/mol. The van der Waals surface area contributed by atoms with Crippen molar-refractivity contribution in [2.45, 2.75) is 20.4 Å². The smallest absolute Gasteiger partial charge is 0.181 e. The van der Waals surface area contributed by atoms with Crippen LogP contribution < -0.4 is 5.73 Å². The zero-order valence-electron chi connectivity index (χ0n) is 9.44. The Labute approximate surface area is 94.6 Å². The first kappa shape index (κ1) is 10.7. The van der Waals surface area contributed by atoms with Crippen molar-refractivity contribution < 1.29 is 0 Å². The Kier molecular flexibility index (Phi) is 2.92. The van der Waals surface area contributed by atoms with E-state index < -0.39 is 0 Å². The molecule has 0 aliphatic rings. The van der Waals surface area contributed by atoms with Crippen LogP contribution in [-0.2, 0) is 6.54 Å². The first-order chi connectivity index (χ1) is 7.70. The van der Waals surface area contributed by atoms with Crippen molar-refractivity contribution in [3.05, 3.63) is 41.2 Å². The average Bonchev–Trinajstić information content (AvgIpc) is 2.33. The van der Waals surface area contributed by atoms with E-state index >= 15 is 0 Å². The zero-order chi connectivity index (χ0) is 11.5. The van der Waals surface area contributed by atoms with E-state index in [9.17, 15) is 0 Å². The molecular formula is C12H14N4. The standard InChI is InChI=1S/C12H14N4/c1-8-9(2)15-16-12(14-8)11-5-3-10(7-13)4-6-11/h3-6H,7,13H2,1-2H3. The molecule has 2 aromatic rings. The molecule has 82 valence electrons. The summed E-state index contributed by atoms with van der Waals surface area (Å²) in [7, 11) is 0. The van der Waals surface area contributed by atoms with Gasteiger partial charge in [-0.1, -0.05) is 24.3 Å². The second kappa shape index (κ2) is 4.37. The minimum absolute atomic E-state index is 0.548. The summed E-state index contributed by atoms with van der Waals surface area (Å²) in [5.41, 5.74) is 9.38. The number of aryl methyl sites for hydroxylation is 2. The highest BCUT2D eigenvalue weighted by atomic mass is 15.2. The van der Waals surface area contributed by atoms with Crippen LogP contribution in [0, 0.1) is 13.8 Å². The summed E-state index contributed by atoms with van der Waals surface area (Å²) >= 11 is 0. The number of nitrogens with zero attached hydrogens (tertiary/aromatic N) is 3. The number of rotatable bonds is 2. The highest BCUT2D eigenvalue weighted by Crippen LogP contribution is 2.15. The Hall–Kier alpha value is -1.81. The lowest BCUT2D eigenvalue weighted by molar-refractivity contribution is 0.904. The van der Waals surface area contributed by atoms with Crippen molar-refractivity contribution in [2.75, 3.05) is 0 Å². The summed E-state index contributed by atoms with van der Waals surface area (Å²) in [5, 5.41) is 8.13. The number of nitrogens with two attached hydrogens (primary N) is 1. The van der Waals surface area contributed by atoms with Crippen molar-refractivity contribution in [3.63, 3.8) is 0 Å². The molecule has 1 aromatic carbocycles. The maximum Gasteiger partial charge on any atom is 0.181 e. The van der Waals surface area contributed by atoms with E-state index in [0.717, 1.165) is 22.5 Å². The highest BCUT2D eigenvalue weighted by molar-refractivity contribution is 5.54. The van der Waals surface area contributed by atoms with Crippen LogP contribution in [0.25, 0.3) is 11.4 Å². The normalized spacial score (nSPS) is 10.4. The molecule has 0 amide bonds. The van der Waals surface area contributed by atoms with Crippen molar-refractivity contribution in [1.82, 2.24) is 15.2 Å². The maximum absolute atomic E-state index is 5.54. The van der Waals surface area contributed by atoms with Crippen molar-refractivity contribution in [1.29, 1.82) is 0 Å². The summed E-state index contributed by atoms with van der Waals surface area (Å²) < 4.78 is 0. The van der Waals surface area contributed by atoms with E-state index in [1.165, 1.54) is 0 Å². The Morgan fingerprint density at radius 1 is 1.00 bits per heavy atom. The fourth-order valence-corrected chi connectivity index (χ4v) is 1.37. The summed E-state index contributed by atoms with van der Waals surface area (Å²) in [5.74, 6) is 0.659. The second-order valence-electron chi connectivity index (χ2n) is 3.71. The lowest BCUT2D eigenvalue weighted by Crippen LogP contribution is -1.99. The third-order valence-electron chi connectivity index (χ3n) is 2.54. The van der Waals surface area contributed by atoms with Crippen molar-refractivity contribution >= 4 is 0 Å². The summed E-state index contributed by atoms with van der Waals surface area (Å²) in [6.07, 6.45) is 0. The minimum Gasteiger partial charge on any atom is -0.326 e. The molecule has 0 bridgehead atoms. The third kappa shape index (κ3) is 2.06. The molecule has 0 saturated heterocycles. The van der Waals surface area contributed by atoms with Crippen molar-refractivity contribution in [3.8, 4) is 11.4 Å². The number of hydrogen-bond donors (Lipinski definition) is 1. The molecule has 0 radical (unpaired) electrons. The van der Waals surface area contributed by atoms with Crippen LogP contribution in [0.1, 0.15) is 17.0 Å². The van der Waals surface area contributed by atoms with Gasteiger partial charge in [0.2, 0.25) is 0 Å². The quantitative estimate of drug-likeness (QED) is 0.825. The van der Waals surface area contributed by atoms with Crippen molar-refractivity contribution in [2.24, 2.45) is 5.73 Å². The molecule has 4 nitrogen and oxygen atoms in total. The molecule has 4 heteroatoms. The van der Waals surface area contributed by atoms with Crippen LogP contribution in [0.2, 0.25) is 0 Å². The maximum atomic E-state index is 5.54. The number of hydrogen-bond acceptors (Lipinski definition) is 4. The van der Waals surface area contributed by atoms with E-state index in [2.05, 4.69) is 15.2 Å². The van der Waals surface area contributed by atoms with Crippen LogP contribution in [0.5, 0.6) is 0 Å². The second-order valence-corrected chi connectivity index (χ2v) is 3.71. The first-order valence-corrected chi connectivity index (χ1v) is 5.18. The summed E-state index contributed by atoms with van der Waals surface area (Å²) in [6, 6.07) is 7.89. The van der Waals surface area contributed by atoms with Gasteiger partial charge in [0.15, 0.2) is 5.82 Å². The van der Waals surface area contributed by atoms with Crippen LogP contribution >= 0.6 is 0 Å². The van der Waals surface area contributed by atoms with Crippen LogP contribution in [-0.4, -0.2) is 15.2 Å². The zero-order valence-corrected chi connectivity index (χ0v) is 9.44. The highest BCUT2D eigenvalue weighted by Gasteiger charge is 2.04. The molecule has 1 aromatic heterocycles. The van der Waals surface area contributed by atoms with Gasteiger partial charge in [-0.2, -0.15) is 5.10 Å². The molecule has 0 atom stereocenters. The van der Waals surface area contributed by atoms with Gasteiger partial charge < -0.3 is 5.73 Å². The monoisotopic (exact) mass is 214 g/mol. The molecule has 0 unspecified atom stereocenters. The third-order valence-corrected chi connectivity index (χ3v) is 2.54. The Balaban J connectivity index is 2.38. The Bertz CT molecular complexity index is 491. The molecular weight excluding hydrogens is 200 g/mol. The Morgan fingerprint density at radius 2 is 1.69 bits per heavy atom. The predicted octanol–water partition coefficient (Wildman–Crippen LogP) is 1.61. The molecule has 0 aliphatic heterocycles. The first-order valence-electron chi connectivity index (χ1n) is 5.18. The lowest BCUT2D eigenvalue weighted by Gasteiger charge is -2.03. The molecule has 16 heavy (non-hydrogen) atoms. The van der Waals surface area contributed by atoms with Gasteiger partial charge in [0, 0.05) is 12.1 Å². The van der Waals surface area contributed by atoms with Crippen LogP contribution in [0.4, 0.5) is 0 Å². The Morgan fingerprint density at radius 3 is 2.25 bits per heavy atom. The lowest BCUT2D eigenvalue weighted by atomic mass is 10.1. The van der Waals surface area contributed by atoms with Gasteiger partial charge in [0.05, 0.1) is 11.4 Å². The SMILES string of the molecule is Cc1nnc(-c2ccc(CN)cc2)nc1C. The van der Waals surface area contributed by atoms with Gasteiger partial charge in [0.1, 0.15) is 0 Å². The van der Waals surface area contributed by atoms with Gasteiger partial charge in [-0.3, -0.25) is 0 Å². The largest absolute Gasteiger partial charge is 0.326 e. The van der Waals surface area contributed by atoms with E-state index in [1.54, 1.807) is 0 Å². The summed E-state index contributed by atoms with van der Waals surface area (Å²) in [6.45, 7) is 4.38. The molecule has 1 heterocycles. The molecule has 0 spiro atoms. The molecule has 2 N–H and O–H groups in total. The fourth-order valence-electron chi connectivity index (χ4n) is 1.37. The van der Waals surface area contributed by atoms with Crippen LogP contribution in [0.15, 0.2) is 24.3 Å². The molecule has 0 fully saturated rings. The van der Waals surface area contributed by atoms with E-state index in [4.69, 9.17) is 5.73 Å². The fraction of sp³-hybridized carbons (Fsp3) is 0.250. The molecule has 2 rings (SSSR count). The van der Waals surface area contributed by atoms with E-state index in [1.807, 2.05) is 38.1 Å². The van der Waals surface area contributed by atoms with E-state index in [0.29, 0.717) is 12.4 Å². The van der Waals surface area contributed by atoms with Crippen LogP contribution in [0.3, 0.4) is 0 Å². The van der Waals surface area contributed by atoms with E-state index in [-0.39, 0.29) is 0 Å². The van der Waals surface area contributed by atoms with Gasteiger partial charge in [-0.25, -0.2) is 4.98 Å². The molecule has 0 aliphatic carbocycles. The number of benzene rings is 1. The number of aromatic nitrogens is 3. The van der Waals surface area contributed by atoms with Gasteiger partial charge >= 0.3 is 0 Å². The minimum atomic E-state index is 0.548. The van der Waals surface area contributed by atoms with Gasteiger partial charge in [-0.15, -0.1) is 5.10 Å². The molecule has 0 saturated carbocycles. The predicted molar refractivity (Wildman–Crippen MR) is 62.6 cm³/mol. The van der Waals surface area contributed by atoms with Gasteiger partial charge in [-0.05, 0) is 19.4 Å². The van der Waals surface area contributed by atoms with Gasteiger partial charge in [0.25, 0.3) is 0 Å². The summed E-state index contributed by atoms with van der Waals surface area (Å²) in [4.78, 5) is 4.39. The topological polar surface area (TPSA) is 64.7 Å².